The van der Waals surface area contributed by atoms with Gasteiger partial charge in [0.2, 0.25) is 5.79 Å². The Balaban J connectivity index is 1.54. The molecule has 0 radical (unpaired) electrons. The van der Waals surface area contributed by atoms with Crippen LogP contribution in [0.5, 0.6) is 11.5 Å². The Kier molecular flexibility index (Phi) is 17.1. The van der Waals surface area contributed by atoms with Crippen LogP contribution in [0.3, 0.4) is 0 Å². The summed E-state index contributed by atoms with van der Waals surface area (Å²) in [5.41, 5.74) is 0.192. The lowest BCUT2D eigenvalue weighted by molar-refractivity contribution is -0.395. The third-order valence-electron chi connectivity index (χ3n) is 10.7. The number of hydrogen-bond acceptors (Lipinski definition) is 16. The summed E-state index contributed by atoms with van der Waals surface area (Å²) < 4.78 is 34.6. The molecule has 16 nitrogen and oxygen atoms in total. The van der Waals surface area contributed by atoms with Crippen LogP contribution in [0.2, 0.25) is 0 Å². The molecule has 13 atom stereocenters. The van der Waals surface area contributed by atoms with Gasteiger partial charge in [-0.05, 0) is 56.1 Å². The number of aromatic hydroxyl groups is 2. The lowest BCUT2D eigenvalue weighted by Crippen LogP contribution is -2.67. The van der Waals surface area contributed by atoms with Gasteiger partial charge < -0.3 is 69.3 Å². The van der Waals surface area contributed by atoms with Gasteiger partial charge in [-0.25, -0.2) is 4.79 Å². The summed E-state index contributed by atoms with van der Waals surface area (Å²) in [7, 11) is 0. The van der Waals surface area contributed by atoms with E-state index < -0.39 is 97.9 Å². The van der Waals surface area contributed by atoms with E-state index in [2.05, 4.69) is 26.0 Å². The molecule has 3 aliphatic rings. The first-order chi connectivity index (χ1) is 27.1. The number of hydrogen-bond donors (Lipinski definition) is 8. The van der Waals surface area contributed by atoms with Gasteiger partial charge in [0.15, 0.2) is 18.5 Å². The van der Waals surface area contributed by atoms with Crippen LogP contribution in [-0.2, 0) is 50.4 Å². The van der Waals surface area contributed by atoms with E-state index in [0.717, 1.165) is 31.7 Å². The van der Waals surface area contributed by atoms with Crippen LogP contribution in [-0.4, -0.2) is 127 Å². The number of ether oxygens (including phenoxy) is 6. The van der Waals surface area contributed by atoms with Crippen LogP contribution >= 0.6 is 0 Å². The highest BCUT2D eigenvalue weighted by atomic mass is 16.8. The Labute approximate surface area is 332 Å². The standard InChI is InChI=1S/C41H60O16/c1-6-22(3)13-9-8-10-14-23(4)27(44)16-12-11-15-24(5)39(51)55-37-36(56-40-35(49)34(48)33(47)30(54-40)21-52-31(46)7-2)29(19-42)57-41(38(37)50)32-25(20-53-41)17-26(43)18-28(32)45/h9,11-13,15,17-18,22-23,27,29-30,33-38,40,42-45,47-50H,6-8,10,14,16,19-21H2,1-5H3/b12-11+,13-9+,24-15+. The third kappa shape index (κ3) is 11.2. The number of aliphatic hydroxyl groups is 6. The zero-order chi connectivity index (χ0) is 42.0. The summed E-state index contributed by atoms with van der Waals surface area (Å²) in [6, 6.07) is 2.28. The first kappa shape index (κ1) is 46.3. The second kappa shape index (κ2) is 21.0. The smallest absolute Gasteiger partial charge is 0.334 e. The molecule has 0 amide bonds. The number of phenols is 2. The fraction of sp³-hybridized carbons (Fsp3) is 0.659. The fourth-order valence-electron chi connectivity index (χ4n) is 6.94. The summed E-state index contributed by atoms with van der Waals surface area (Å²) in [5.74, 6) is -4.07. The Hall–Kier alpha value is -3.42. The fourth-order valence-corrected chi connectivity index (χ4v) is 6.94. The first-order valence-electron chi connectivity index (χ1n) is 19.6. The van der Waals surface area contributed by atoms with Gasteiger partial charge in [-0.2, -0.15) is 0 Å². The maximum atomic E-state index is 13.6. The maximum absolute atomic E-state index is 13.6. The van der Waals surface area contributed by atoms with Crippen molar-refractivity contribution in [2.24, 2.45) is 11.8 Å². The van der Waals surface area contributed by atoms with Crippen LogP contribution < -0.4 is 0 Å². The summed E-state index contributed by atoms with van der Waals surface area (Å²) in [5, 5.41) is 86.3. The minimum atomic E-state index is -2.25. The molecule has 0 saturated carbocycles. The molecule has 1 aromatic carbocycles. The molecule has 1 aromatic rings. The van der Waals surface area contributed by atoms with Crippen molar-refractivity contribution in [3.63, 3.8) is 0 Å². The highest BCUT2D eigenvalue weighted by Crippen LogP contribution is 2.51. The molecular formula is C41H60O16. The highest BCUT2D eigenvalue weighted by Gasteiger charge is 2.63. The molecule has 3 heterocycles. The van der Waals surface area contributed by atoms with Crippen molar-refractivity contribution >= 4 is 11.9 Å². The Morgan fingerprint density at radius 1 is 1.02 bits per heavy atom. The van der Waals surface area contributed by atoms with Crippen LogP contribution in [0.25, 0.3) is 0 Å². The Morgan fingerprint density at radius 2 is 1.75 bits per heavy atom. The number of unbranched alkanes of at least 4 members (excludes halogenated alkanes) is 1. The molecule has 0 aliphatic carbocycles. The summed E-state index contributed by atoms with van der Waals surface area (Å²) >= 11 is 0. The van der Waals surface area contributed by atoms with Crippen LogP contribution in [0.4, 0.5) is 0 Å². The van der Waals surface area contributed by atoms with Crippen molar-refractivity contribution in [1.82, 2.24) is 0 Å². The predicted molar refractivity (Wildman–Crippen MR) is 202 cm³/mol. The molecule has 0 aromatic heterocycles. The molecule has 0 bridgehead atoms. The number of fused-ring (bicyclic) bond motifs is 2. The summed E-state index contributed by atoms with van der Waals surface area (Å²) in [6.07, 6.45) is -2.96. The van der Waals surface area contributed by atoms with Crippen LogP contribution in [0.1, 0.15) is 84.3 Å². The van der Waals surface area contributed by atoms with Crippen molar-refractivity contribution in [1.29, 1.82) is 0 Å². The number of rotatable bonds is 18. The molecule has 4 rings (SSSR count). The zero-order valence-corrected chi connectivity index (χ0v) is 33.2. The Morgan fingerprint density at radius 3 is 2.44 bits per heavy atom. The maximum Gasteiger partial charge on any atom is 0.334 e. The highest BCUT2D eigenvalue weighted by molar-refractivity contribution is 5.88. The number of phenolic OH excluding ortho intramolecular Hbond substituents is 2. The average Bonchev–Trinajstić information content (AvgIpc) is 3.56. The normalized spacial score (nSPS) is 32.1. The van der Waals surface area contributed by atoms with Gasteiger partial charge in [0.1, 0.15) is 54.7 Å². The Bertz CT molecular complexity index is 1580. The largest absolute Gasteiger partial charge is 0.508 e. The molecule has 13 unspecified atom stereocenters. The topological polar surface area (TPSA) is 251 Å². The van der Waals surface area contributed by atoms with E-state index in [-0.39, 0.29) is 41.4 Å². The molecule has 2 fully saturated rings. The van der Waals surface area contributed by atoms with E-state index >= 15 is 0 Å². The minimum Gasteiger partial charge on any atom is -0.508 e. The van der Waals surface area contributed by atoms with Crippen LogP contribution in [0, 0.1) is 11.8 Å². The predicted octanol–water partition coefficient (Wildman–Crippen LogP) is 2.25. The molecule has 320 valence electrons. The SMILES string of the molecule is CCC(=O)OCC1OC(OC2C(CO)OC3(OCc4cc(O)cc(O)c43)C(O)C2OC(=O)/C(C)=C/C=C/CC(O)C(C)CCC/C=C/C(C)CC)C(O)C(O)C1O. The van der Waals surface area contributed by atoms with Gasteiger partial charge in [0, 0.05) is 18.1 Å². The molecule has 57 heavy (non-hydrogen) atoms. The number of aliphatic hydroxyl groups excluding tert-OH is 6. The number of esters is 2. The molecule has 8 N–H and O–H groups in total. The molecule has 1 spiro atoms. The minimum absolute atomic E-state index is 0.0143. The molecule has 16 heteroatoms. The molecule has 3 aliphatic heterocycles. The van der Waals surface area contributed by atoms with Crippen molar-refractivity contribution in [3.05, 3.63) is 59.2 Å². The summed E-state index contributed by atoms with van der Waals surface area (Å²) in [6.45, 7) is 7.64. The number of allylic oxidation sites excluding steroid dienone is 4. The van der Waals surface area contributed by atoms with Gasteiger partial charge in [-0.1, -0.05) is 64.5 Å². The van der Waals surface area contributed by atoms with Gasteiger partial charge in [0.05, 0.1) is 24.9 Å². The van der Waals surface area contributed by atoms with Crippen molar-refractivity contribution in [3.8, 4) is 11.5 Å². The average molecular weight is 809 g/mol. The second-order valence-electron chi connectivity index (χ2n) is 15.1. The second-order valence-corrected chi connectivity index (χ2v) is 15.1. The number of benzene rings is 1. The van der Waals surface area contributed by atoms with Crippen LogP contribution in [0.15, 0.2) is 48.1 Å². The van der Waals surface area contributed by atoms with Crippen molar-refractivity contribution in [2.45, 2.75) is 147 Å². The lowest BCUT2D eigenvalue weighted by atomic mass is 9.86. The van der Waals surface area contributed by atoms with Gasteiger partial charge in [-0.15, -0.1) is 0 Å². The lowest BCUT2D eigenvalue weighted by Gasteiger charge is -2.50. The van der Waals surface area contributed by atoms with Gasteiger partial charge in [0.25, 0.3) is 0 Å². The third-order valence-corrected chi connectivity index (χ3v) is 10.7. The molecule has 2 saturated heterocycles. The number of carbonyl (C=O) groups is 2. The van der Waals surface area contributed by atoms with E-state index in [1.165, 1.54) is 19.1 Å². The number of carbonyl (C=O) groups excluding carboxylic acids is 2. The van der Waals surface area contributed by atoms with E-state index in [0.29, 0.717) is 12.3 Å². The molecular weight excluding hydrogens is 748 g/mol. The quantitative estimate of drug-likeness (QED) is 0.0348. The monoisotopic (exact) mass is 808 g/mol. The van der Waals surface area contributed by atoms with Crippen molar-refractivity contribution < 1.29 is 78.9 Å². The van der Waals surface area contributed by atoms with Gasteiger partial charge >= 0.3 is 11.9 Å². The first-order valence-corrected chi connectivity index (χ1v) is 19.6. The summed E-state index contributed by atoms with van der Waals surface area (Å²) in [4.78, 5) is 25.4. The van der Waals surface area contributed by atoms with Gasteiger partial charge in [-0.3, -0.25) is 4.79 Å². The zero-order valence-electron chi connectivity index (χ0n) is 33.2. The van der Waals surface area contributed by atoms with Crippen molar-refractivity contribution in [2.75, 3.05) is 13.2 Å². The van der Waals surface area contributed by atoms with E-state index in [9.17, 15) is 50.4 Å². The van der Waals surface area contributed by atoms with E-state index in [4.69, 9.17) is 28.4 Å². The van der Waals surface area contributed by atoms with E-state index in [1.54, 1.807) is 19.1 Å². The van der Waals surface area contributed by atoms with E-state index in [1.807, 2.05) is 6.92 Å².